The molecule has 2 aliphatic carbocycles. The number of phenolic OH excluding ortho intramolecular Hbond substituents is 1. The largest absolute Gasteiger partial charge is 0.508 e. The minimum absolute atomic E-state index is 0.200. The lowest BCUT2D eigenvalue weighted by atomic mass is 10.0. The number of hydrogen-bond donors (Lipinski definition) is 1. The molecule has 1 N–H and O–H groups in total. The highest BCUT2D eigenvalue weighted by Crippen LogP contribution is 2.37. The summed E-state index contributed by atoms with van der Waals surface area (Å²) < 4.78 is 5.70. The van der Waals surface area contributed by atoms with Crippen molar-refractivity contribution in [3.05, 3.63) is 69.8 Å². The topological polar surface area (TPSA) is 46.5 Å². The van der Waals surface area contributed by atoms with Gasteiger partial charge in [-0.25, -0.2) is 4.79 Å². The summed E-state index contributed by atoms with van der Waals surface area (Å²) in [5.74, 6) is 0.711. The van der Waals surface area contributed by atoms with Gasteiger partial charge in [-0.15, -0.1) is 0 Å². The van der Waals surface area contributed by atoms with E-state index in [1.54, 1.807) is 12.1 Å². The minimum atomic E-state index is -0.373. The molecule has 0 unspecified atom stereocenters. The third-order valence-electron chi connectivity index (χ3n) is 5.35. The third kappa shape index (κ3) is 3.42. The van der Waals surface area contributed by atoms with Crippen LogP contribution >= 0.6 is 0 Å². The van der Waals surface area contributed by atoms with Gasteiger partial charge in [-0.2, -0.15) is 0 Å². The number of ether oxygens (including phenoxy) is 1. The van der Waals surface area contributed by atoms with E-state index in [-0.39, 0.29) is 11.7 Å². The van der Waals surface area contributed by atoms with Crippen LogP contribution in [0.3, 0.4) is 0 Å². The van der Waals surface area contributed by atoms with Gasteiger partial charge in [0.25, 0.3) is 0 Å². The SMILES string of the molecule is Cc1cc(C(=O)Oc2ccc(O)c(C)c2C)c2c(C)ccc(C(C)C)cc1-2. The second-order valence-electron chi connectivity index (χ2n) is 7.57. The van der Waals surface area contributed by atoms with E-state index in [0.717, 1.165) is 27.8 Å². The molecule has 0 heterocycles. The molecule has 0 bridgehead atoms. The van der Waals surface area contributed by atoms with E-state index in [1.165, 1.54) is 5.56 Å². The van der Waals surface area contributed by atoms with E-state index in [1.807, 2.05) is 33.8 Å². The molecule has 1 aromatic carbocycles. The predicted octanol–water partition coefficient (Wildman–Crippen LogP) is 6.07. The van der Waals surface area contributed by atoms with Crippen molar-refractivity contribution < 1.29 is 14.6 Å². The fourth-order valence-electron chi connectivity index (χ4n) is 3.41. The van der Waals surface area contributed by atoms with Gasteiger partial charge in [0.2, 0.25) is 0 Å². The smallest absolute Gasteiger partial charge is 0.344 e. The van der Waals surface area contributed by atoms with Crippen LogP contribution in [0.4, 0.5) is 0 Å². The molecule has 1 aromatic rings. The standard InChI is InChI=1S/C24H26O3/c1-13(2)18-8-7-14(3)23-19(12-18)15(4)11-20(23)24(26)27-22-10-9-21(25)16(5)17(22)6/h7-13,25H,1-6H3. The molecule has 140 valence electrons. The van der Waals surface area contributed by atoms with E-state index >= 15 is 0 Å². The molecule has 0 atom stereocenters. The number of aryl methyl sites for hydroxylation is 2. The molecule has 2 aliphatic rings. The molecule has 3 nitrogen and oxygen atoms in total. The number of rotatable bonds is 3. The highest BCUT2D eigenvalue weighted by molar-refractivity contribution is 6.02. The summed E-state index contributed by atoms with van der Waals surface area (Å²) >= 11 is 0. The van der Waals surface area contributed by atoms with Crippen LogP contribution in [-0.4, -0.2) is 11.1 Å². The number of phenols is 1. The molecule has 0 aliphatic heterocycles. The van der Waals surface area contributed by atoms with Crippen molar-refractivity contribution in [1.82, 2.24) is 0 Å². The van der Waals surface area contributed by atoms with E-state index in [0.29, 0.717) is 22.8 Å². The highest BCUT2D eigenvalue weighted by Gasteiger charge is 2.23. The fourth-order valence-corrected chi connectivity index (χ4v) is 3.41. The van der Waals surface area contributed by atoms with Gasteiger partial charge in [0.15, 0.2) is 0 Å². The molecule has 0 saturated carbocycles. The monoisotopic (exact) mass is 362 g/mol. The van der Waals surface area contributed by atoms with E-state index in [9.17, 15) is 9.90 Å². The predicted molar refractivity (Wildman–Crippen MR) is 109 cm³/mol. The lowest BCUT2D eigenvalue weighted by molar-refractivity contribution is 0.0734. The Morgan fingerprint density at radius 1 is 0.926 bits per heavy atom. The van der Waals surface area contributed by atoms with Gasteiger partial charge in [-0.05, 0) is 90.8 Å². The Labute approximate surface area is 161 Å². The third-order valence-corrected chi connectivity index (χ3v) is 5.35. The highest BCUT2D eigenvalue weighted by atomic mass is 16.5. The summed E-state index contributed by atoms with van der Waals surface area (Å²) in [6.45, 7) is 12.0. The van der Waals surface area contributed by atoms with Crippen molar-refractivity contribution in [3.8, 4) is 22.6 Å². The number of fused-ring (bicyclic) bond motifs is 1. The van der Waals surface area contributed by atoms with E-state index in [2.05, 4.69) is 32.0 Å². The summed E-state index contributed by atoms with van der Waals surface area (Å²) in [7, 11) is 0. The van der Waals surface area contributed by atoms with Crippen LogP contribution in [0.25, 0.3) is 11.1 Å². The van der Waals surface area contributed by atoms with Crippen LogP contribution in [0.5, 0.6) is 11.5 Å². The first-order valence-corrected chi connectivity index (χ1v) is 9.26. The second-order valence-corrected chi connectivity index (χ2v) is 7.57. The van der Waals surface area contributed by atoms with Gasteiger partial charge in [0.05, 0.1) is 5.56 Å². The maximum Gasteiger partial charge on any atom is 0.344 e. The minimum Gasteiger partial charge on any atom is -0.508 e. The van der Waals surface area contributed by atoms with Gasteiger partial charge >= 0.3 is 5.97 Å². The Kier molecular flexibility index (Phi) is 4.97. The van der Waals surface area contributed by atoms with E-state index in [4.69, 9.17) is 4.74 Å². The lowest BCUT2D eigenvalue weighted by Crippen LogP contribution is -2.10. The van der Waals surface area contributed by atoms with Gasteiger partial charge in [0, 0.05) is 0 Å². The number of hydrogen-bond acceptors (Lipinski definition) is 3. The van der Waals surface area contributed by atoms with Crippen molar-refractivity contribution >= 4 is 5.97 Å². The zero-order valence-electron chi connectivity index (χ0n) is 16.8. The average molecular weight is 362 g/mol. The Hall–Kier alpha value is -2.81. The Balaban J connectivity index is 2.06. The van der Waals surface area contributed by atoms with Crippen molar-refractivity contribution in [3.63, 3.8) is 0 Å². The van der Waals surface area contributed by atoms with Crippen LogP contribution in [0.1, 0.15) is 57.9 Å². The summed E-state index contributed by atoms with van der Waals surface area (Å²) in [6.07, 6.45) is 0. The van der Waals surface area contributed by atoms with Gasteiger partial charge in [-0.3, -0.25) is 0 Å². The summed E-state index contributed by atoms with van der Waals surface area (Å²) in [5.41, 5.74) is 7.45. The molecular formula is C24H26O3. The van der Waals surface area contributed by atoms with Crippen LogP contribution in [0.2, 0.25) is 0 Å². The molecular weight excluding hydrogens is 336 g/mol. The van der Waals surface area contributed by atoms with Gasteiger partial charge < -0.3 is 9.84 Å². The molecule has 3 rings (SSSR count). The molecule has 3 heteroatoms. The molecule has 0 radical (unpaired) electrons. The van der Waals surface area contributed by atoms with Crippen LogP contribution in [-0.2, 0) is 0 Å². The normalized spacial score (nSPS) is 11.2. The molecule has 27 heavy (non-hydrogen) atoms. The number of carbonyl (C=O) groups excluding carboxylic acids is 1. The number of aromatic hydroxyl groups is 1. The molecule has 0 fully saturated rings. The molecule has 0 saturated heterocycles. The summed E-state index contributed by atoms with van der Waals surface area (Å²) in [5, 5.41) is 9.81. The van der Waals surface area contributed by atoms with Crippen molar-refractivity contribution in [2.75, 3.05) is 0 Å². The molecule has 0 aromatic heterocycles. The Morgan fingerprint density at radius 3 is 2.30 bits per heavy atom. The maximum absolute atomic E-state index is 13.0. The lowest BCUT2D eigenvalue weighted by Gasteiger charge is -2.11. The summed E-state index contributed by atoms with van der Waals surface area (Å²) in [6, 6.07) is 11.5. The number of esters is 1. The zero-order chi connectivity index (χ0) is 19.9. The Morgan fingerprint density at radius 2 is 1.63 bits per heavy atom. The van der Waals surface area contributed by atoms with Crippen LogP contribution in [0.15, 0.2) is 36.4 Å². The molecule has 0 spiro atoms. The fraction of sp³-hybridized carbons (Fsp3) is 0.292. The first-order valence-electron chi connectivity index (χ1n) is 9.26. The van der Waals surface area contributed by atoms with Crippen LogP contribution < -0.4 is 4.74 Å². The molecule has 0 amide bonds. The van der Waals surface area contributed by atoms with E-state index < -0.39 is 0 Å². The summed E-state index contributed by atoms with van der Waals surface area (Å²) in [4.78, 5) is 13.0. The van der Waals surface area contributed by atoms with Gasteiger partial charge in [-0.1, -0.05) is 32.0 Å². The zero-order valence-corrected chi connectivity index (χ0v) is 16.8. The van der Waals surface area contributed by atoms with Crippen molar-refractivity contribution in [1.29, 1.82) is 0 Å². The first kappa shape index (κ1) is 19.0. The quantitative estimate of drug-likeness (QED) is 0.454. The number of carbonyl (C=O) groups is 1. The second kappa shape index (κ2) is 7.07. The first-order chi connectivity index (χ1) is 12.7. The van der Waals surface area contributed by atoms with Crippen molar-refractivity contribution in [2.24, 2.45) is 0 Å². The van der Waals surface area contributed by atoms with Gasteiger partial charge in [0.1, 0.15) is 11.5 Å². The average Bonchev–Trinajstić information content (AvgIpc) is 2.83. The van der Waals surface area contributed by atoms with Crippen molar-refractivity contribution in [2.45, 2.75) is 47.5 Å². The maximum atomic E-state index is 13.0. The van der Waals surface area contributed by atoms with Crippen LogP contribution in [0, 0.1) is 27.7 Å². The Bertz CT molecular complexity index is 999. The number of benzene rings is 1.